The number of ether oxygens (including phenoxy) is 2. The number of aromatic nitrogens is 4. The minimum atomic E-state index is -0.472. The zero-order chi connectivity index (χ0) is 27.5. The fourth-order valence-corrected chi connectivity index (χ4v) is 5.01. The van der Waals surface area contributed by atoms with Gasteiger partial charge in [0.2, 0.25) is 0 Å². The van der Waals surface area contributed by atoms with E-state index in [2.05, 4.69) is 9.97 Å². The summed E-state index contributed by atoms with van der Waals surface area (Å²) in [5.74, 6) is -0.944. The van der Waals surface area contributed by atoms with Crippen LogP contribution in [0.1, 0.15) is 17.8 Å². The van der Waals surface area contributed by atoms with Crippen LogP contribution < -0.4 is 0 Å². The van der Waals surface area contributed by atoms with Crippen molar-refractivity contribution in [3.63, 3.8) is 0 Å². The van der Waals surface area contributed by atoms with Crippen molar-refractivity contribution in [2.24, 2.45) is 14.1 Å². The minimum Gasteiger partial charge on any atom is -0.462 e. The van der Waals surface area contributed by atoms with Gasteiger partial charge >= 0.3 is 11.9 Å². The van der Waals surface area contributed by atoms with Crippen LogP contribution in [0.5, 0.6) is 0 Å². The molecule has 0 saturated carbocycles. The first-order valence-corrected chi connectivity index (χ1v) is 13.8. The lowest BCUT2D eigenvalue weighted by Gasteiger charge is -2.04. The van der Waals surface area contributed by atoms with Gasteiger partial charge in [0.25, 0.3) is 0 Å². The molecule has 0 aliphatic rings. The summed E-state index contributed by atoms with van der Waals surface area (Å²) in [6.45, 7) is 0.283. The molecule has 8 nitrogen and oxygen atoms in total. The third-order valence-electron chi connectivity index (χ3n) is 5.43. The van der Waals surface area contributed by atoms with Gasteiger partial charge in [-0.1, -0.05) is 59.9 Å². The molecule has 0 bridgehead atoms. The number of rotatable bonds is 12. The van der Waals surface area contributed by atoms with E-state index in [0.29, 0.717) is 6.42 Å². The maximum absolute atomic E-state index is 12.1. The second-order valence-corrected chi connectivity index (χ2v) is 10.3. The Labute approximate surface area is 235 Å². The van der Waals surface area contributed by atoms with Crippen molar-refractivity contribution >= 4 is 47.6 Å². The Hall–Kier alpha value is -4.02. The molecule has 0 amide bonds. The molecule has 0 spiro atoms. The van der Waals surface area contributed by atoms with Crippen LogP contribution >= 0.6 is 23.5 Å². The Bertz CT molecular complexity index is 1340. The summed E-state index contributed by atoms with van der Waals surface area (Å²) in [6, 6.07) is 19.9. The molecule has 2 aromatic heterocycles. The number of hydrogen-bond donors (Lipinski definition) is 0. The fourth-order valence-electron chi connectivity index (χ4n) is 3.30. The van der Waals surface area contributed by atoms with E-state index in [-0.39, 0.29) is 13.2 Å². The third-order valence-corrected chi connectivity index (χ3v) is 7.56. The van der Waals surface area contributed by atoms with E-state index in [4.69, 9.17) is 9.47 Å². The lowest BCUT2D eigenvalue weighted by molar-refractivity contribution is -0.140. The molecule has 0 saturated heterocycles. The van der Waals surface area contributed by atoms with Gasteiger partial charge in [-0.25, -0.2) is 19.6 Å². The van der Waals surface area contributed by atoms with E-state index in [1.54, 1.807) is 48.1 Å². The number of nitrogens with zero attached hydrogens (tertiary/aromatic N) is 4. The first-order chi connectivity index (χ1) is 19.0. The molecule has 2 heterocycles. The molecular weight excluding hydrogens is 532 g/mol. The average Bonchev–Trinajstić information content (AvgIpc) is 3.48. The molecule has 200 valence electrons. The van der Waals surface area contributed by atoms with Gasteiger partial charge in [-0.15, -0.1) is 0 Å². The molecule has 4 aromatic rings. The molecule has 10 heteroatoms. The number of benzene rings is 2. The molecule has 0 N–H and O–H groups in total. The molecule has 2 aromatic carbocycles. The topological polar surface area (TPSA) is 88.2 Å². The minimum absolute atomic E-state index is 0.141. The van der Waals surface area contributed by atoms with Gasteiger partial charge in [-0.3, -0.25) is 0 Å². The van der Waals surface area contributed by atoms with E-state index in [1.807, 2.05) is 83.9 Å². The first-order valence-electron chi connectivity index (χ1n) is 12.2. The molecule has 4 rings (SSSR count). The number of hydrogen-bond acceptors (Lipinski definition) is 8. The molecule has 0 fully saturated rings. The van der Waals surface area contributed by atoms with Crippen molar-refractivity contribution < 1.29 is 19.1 Å². The predicted octanol–water partition coefficient (Wildman–Crippen LogP) is 5.66. The second kappa shape index (κ2) is 14.2. The highest BCUT2D eigenvalue weighted by atomic mass is 32.2. The second-order valence-electron chi connectivity index (χ2n) is 8.23. The van der Waals surface area contributed by atoms with E-state index in [1.165, 1.54) is 12.2 Å². The van der Waals surface area contributed by atoms with E-state index < -0.39 is 11.9 Å². The molecule has 0 unspecified atom stereocenters. The smallest absolute Gasteiger partial charge is 0.330 e. The molecule has 39 heavy (non-hydrogen) atoms. The molecule has 0 aliphatic heterocycles. The SMILES string of the molecule is Cn1c(/C=C/C(=O)OCCCOC(=O)/C=C/c2cnc(Sc3ccccc3)n2C)cnc1Sc1ccccc1. The number of imidazole rings is 2. The average molecular weight is 561 g/mol. The highest BCUT2D eigenvalue weighted by Crippen LogP contribution is 2.27. The van der Waals surface area contributed by atoms with Crippen LogP contribution in [0.3, 0.4) is 0 Å². The highest BCUT2D eigenvalue weighted by molar-refractivity contribution is 7.99. The normalized spacial score (nSPS) is 11.3. The first kappa shape index (κ1) is 28.0. The summed E-state index contributed by atoms with van der Waals surface area (Å²) in [4.78, 5) is 35.1. The summed E-state index contributed by atoms with van der Waals surface area (Å²) < 4.78 is 14.2. The van der Waals surface area contributed by atoms with Gasteiger partial charge in [0.15, 0.2) is 10.3 Å². The lowest BCUT2D eigenvalue weighted by atomic mass is 10.4. The van der Waals surface area contributed by atoms with Crippen molar-refractivity contribution in [2.45, 2.75) is 26.5 Å². The molecule has 0 atom stereocenters. The van der Waals surface area contributed by atoms with Crippen LogP contribution in [0.15, 0.2) is 105 Å². The number of carbonyl (C=O) groups is 2. The maximum atomic E-state index is 12.1. The quantitative estimate of drug-likeness (QED) is 0.125. The van der Waals surface area contributed by atoms with Crippen LogP contribution in [0, 0.1) is 0 Å². The summed E-state index contributed by atoms with van der Waals surface area (Å²) >= 11 is 3.09. The summed E-state index contributed by atoms with van der Waals surface area (Å²) in [5, 5.41) is 1.64. The van der Waals surface area contributed by atoms with Crippen molar-refractivity contribution in [3.8, 4) is 0 Å². The van der Waals surface area contributed by atoms with Gasteiger partial charge in [0, 0.05) is 42.5 Å². The van der Waals surface area contributed by atoms with Gasteiger partial charge in [-0.05, 0) is 36.4 Å². The molecular formula is C29H28N4O4S2. The number of carbonyl (C=O) groups excluding carboxylic acids is 2. The lowest BCUT2D eigenvalue weighted by Crippen LogP contribution is -2.08. The maximum Gasteiger partial charge on any atom is 0.330 e. The van der Waals surface area contributed by atoms with Crippen molar-refractivity contribution in [2.75, 3.05) is 13.2 Å². The fraction of sp³-hybridized carbons (Fsp3) is 0.172. The summed E-state index contributed by atoms with van der Waals surface area (Å²) in [6.07, 6.45) is 9.86. The van der Waals surface area contributed by atoms with Gasteiger partial charge in [0.05, 0.1) is 37.0 Å². The standard InChI is InChI=1S/C29H28N4O4S2/c1-32-22(20-30-28(32)38-24-10-5-3-6-11-24)14-16-26(34)36-18-9-19-37-27(35)17-15-23-21-31-29(33(23)2)39-25-12-7-4-8-13-25/h3-8,10-17,20-21H,9,18-19H2,1-2H3/b16-14+,17-15+. The highest BCUT2D eigenvalue weighted by Gasteiger charge is 2.08. The van der Waals surface area contributed by atoms with E-state index >= 15 is 0 Å². The van der Waals surface area contributed by atoms with Crippen LogP contribution in [0.4, 0.5) is 0 Å². The Morgan fingerprint density at radius 2 is 1.13 bits per heavy atom. The zero-order valence-electron chi connectivity index (χ0n) is 21.6. The Morgan fingerprint density at radius 3 is 1.54 bits per heavy atom. The molecule has 0 radical (unpaired) electrons. The Balaban J connectivity index is 1.14. The monoisotopic (exact) mass is 560 g/mol. The Morgan fingerprint density at radius 1 is 0.718 bits per heavy atom. The van der Waals surface area contributed by atoms with Gasteiger partial charge < -0.3 is 18.6 Å². The van der Waals surface area contributed by atoms with E-state index in [9.17, 15) is 9.59 Å². The van der Waals surface area contributed by atoms with Gasteiger partial charge in [0.1, 0.15) is 0 Å². The van der Waals surface area contributed by atoms with E-state index in [0.717, 1.165) is 31.5 Å². The Kier molecular flexibility index (Phi) is 10.2. The van der Waals surface area contributed by atoms with Crippen LogP contribution in [-0.4, -0.2) is 44.3 Å². The van der Waals surface area contributed by atoms with Crippen LogP contribution in [0.25, 0.3) is 12.2 Å². The van der Waals surface area contributed by atoms with Crippen molar-refractivity contribution in [1.29, 1.82) is 0 Å². The largest absolute Gasteiger partial charge is 0.462 e. The third kappa shape index (κ3) is 8.49. The van der Waals surface area contributed by atoms with Crippen molar-refractivity contribution in [3.05, 3.63) is 96.6 Å². The summed E-state index contributed by atoms with van der Waals surface area (Å²) in [7, 11) is 3.78. The summed E-state index contributed by atoms with van der Waals surface area (Å²) in [5.41, 5.74) is 1.57. The number of esters is 2. The van der Waals surface area contributed by atoms with Crippen molar-refractivity contribution in [1.82, 2.24) is 19.1 Å². The predicted molar refractivity (Wildman–Crippen MR) is 152 cm³/mol. The zero-order valence-corrected chi connectivity index (χ0v) is 23.2. The molecule has 0 aliphatic carbocycles. The van der Waals surface area contributed by atoms with Crippen LogP contribution in [-0.2, 0) is 33.2 Å². The van der Waals surface area contributed by atoms with Crippen LogP contribution in [0.2, 0.25) is 0 Å². The van der Waals surface area contributed by atoms with Gasteiger partial charge in [-0.2, -0.15) is 0 Å².